The summed E-state index contributed by atoms with van der Waals surface area (Å²) >= 11 is 0. The molecule has 1 heterocycles. The van der Waals surface area contributed by atoms with Crippen molar-refractivity contribution in [1.82, 2.24) is 9.88 Å². The summed E-state index contributed by atoms with van der Waals surface area (Å²) in [5.74, 6) is -1.17. The van der Waals surface area contributed by atoms with Crippen molar-refractivity contribution in [1.29, 1.82) is 0 Å². The number of carbonyl (C=O) groups excluding carboxylic acids is 1. The number of rotatable bonds is 6. The maximum absolute atomic E-state index is 12.2. The first kappa shape index (κ1) is 19.9. The van der Waals surface area contributed by atoms with Crippen LogP contribution in [0.3, 0.4) is 0 Å². The Labute approximate surface area is 132 Å². The van der Waals surface area contributed by atoms with E-state index in [-0.39, 0.29) is 17.3 Å². The third kappa shape index (κ3) is 6.11. The zero-order valence-corrected chi connectivity index (χ0v) is 14.0. The van der Waals surface area contributed by atoms with Crippen molar-refractivity contribution >= 4 is 11.9 Å². The lowest BCUT2D eigenvalue weighted by Gasteiger charge is -2.19. The first-order valence-corrected chi connectivity index (χ1v) is 7.53. The molecule has 22 heavy (non-hydrogen) atoms. The minimum absolute atomic E-state index is 0.0899. The van der Waals surface area contributed by atoms with Crippen molar-refractivity contribution in [2.45, 2.75) is 40.5 Å². The number of aromatic carboxylic acids is 1. The number of ether oxygens (including phenoxy) is 1. The van der Waals surface area contributed by atoms with E-state index in [1.807, 2.05) is 13.8 Å². The zero-order chi connectivity index (χ0) is 17.1. The van der Waals surface area contributed by atoms with Gasteiger partial charge in [0.25, 0.3) is 5.91 Å². The summed E-state index contributed by atoms with van der Waals surface area (Å²) in [4.78, 5) is 28.7. The summed E-state index contributed by atoms with van der Waals surface area (Å²) < 4.78 is 5.00. The molecule has 0 saturated heterocycles. The van der Waals surface area contributed by atoms with E-state index >= 15 is 0 Å². The molecule has 6 heteroatoms. The van der Waals surface area contributed by atoms with Crippen molar-refractivity contribution in [3.05, 3.63) is 23.5 Å². The summed E-state index contributed by atoms with van der Waals surface area (Å²) in [5.41, 5.74) is -0.109. The maximum Gasteiger partial charge on any atom is 0.354 e. The third-order valence-electron chi connectivity index (χ3n) is 2.64. The smallest absolute Gasteiger partial charge is 0.354 e. The van der Waals surface area contributed by atoms with Crippen LogP contribution in [0.1, 0.15) is 61.5 Å². The molecule has 0 fully saturated rings. The van der Waals surface area contributed by atoms with Gasteiger partial charge in [0, 0.05) is 25.2 Å². The second-order valence-corrected chi connectivity index (χ2v) is 4.67. The Kier molecular flexibility index (Phi) is 9.58. The highest BCUT2D eigenvalue weighted by molar-refractivity contribution is 5.94. The number of carbonyl (C=O) groups is 2. The highest BCUT2D eigenvalue weighted by atomic mass is 16.5. The van der Waals surface area contributed by atoms with Crippen LogP contribution in [-0.2, 0) is 0 Å². The SMILES string of the molecule is CCC.CCCN(CC)C(=O)c1cc(OC)cc(C(=O)O)n1. The van der Waals surface area contributed by atoms with Gasteiger partial charge in [0.05, 0.1) is 7.11 Å². The van der Waals surface area contributed by atoms with Gasteiger partial charge < -0.3 is 14.7 Å². The largest absolute Gasteiger partial charge is 0.497 e. The lowest BCUT2D eigenvalue weighted by atomic mass is 10.2. The molecule has 1 aromatic heterocycles. The molecule has 0 unspecified atom stereocenters. The number of hydrogen-bond acceptors (Lipinski definition) is 4. The van der Waals surface area contributed by atoms with Gasteiger partial charge in [-0.2, -0.15) is 0 Å². The van der Waals surface area contributed by atoms with Crippen molar-refractivity contribution in [2.24, 2.45) is 0 Å². The molecule has 0 aliphatic heterocycles. The fourth-order valence-corrected chi connectivity index (χ4v) is 1.68. The van der Waals surface area contributed by atoms with Gasteiger partial charge in [-0.15, -0.1) is 0 Å². The average Bonchev–Trinajstić information content (AvgIpc) is 2.52. The van der Waals surface area contributed by atoms with E-state index in [0.717, 1.165) is 6.42 Å². The molecular weight excluding hydrogens is 284 g/mol. The maximum atomic E-state index is 12.2. The minimum Gasteiger partial charge on any atom is -0.497 e. The van der Waals surface area contributed by atoms with Crippen LogP contribution in [0.4, 0.5) is 0 Å². The normalized spacial score (nSPS) is 9.50. The number of hydrogen-bond donors (Lipinski definition) is 1. The third-order valence-corrected chi connectivity index (χ3v) is 2.64. The number of carboxylic acid groups (broad SMARTS) is 1. The van der Waals surface area contributed by atoms with Crippen LogP contribution >= 0.6 is 0 Å². The fourth-order valence-electron chi connectivity index (χ4n) is 1.68. The molecule has 1 aromatic rings. The minimum atomic E-state index is -1.19. The van der Waals surface area contributed by atoms with Crippen LogP contribution < -0.4 is 4.74 Å². The second kappa shape index (κ2) is 10.6. The van der Waals surface area contributed by atoms with Crippen LogP contribution in [0.25, 0.3) is 0 Å². The van der Waals surface area contributed by atoms with Gasteiger partial charge in [-0.05, 0) is 13.3 Å². The van der Waals surface area contributed by atoms with Gasteiger partial charge in [0.1, 0.15) is 11.4 Å². The Bertz CT molecular complexity index is 489. The molecular formula is C16H26N2O4. The van der Waals surface area contributed by atoms with Gasteiger partial charge in [-0.3, -0.25) is 4.79 Å². The molecule has 0 aliphatic carbocycles. The number of pyridine rings is 1. The molecule has 1 N–H and O–H groups in total. The first-order valence-electron chi connectivity index (χ1n) is 7.53. The van der Waals surface area contributed by atoms with Crippen LogP contribution in [-0.4, -0.2) is 47.1 Å². The predicted molar refractivity (Wildman–Crippen MR) is 85.6 cm³/mol. The molecule has 6 nitrogen and oxygen atoms in total. The second-order valence-electron chi connectivity index (χ2n) is 4.67. The monoisotopic (exact) mass is 310 g/mol. The number of amides is 1. The predicted octanol–water partition coefficient (Wildman–Crippen LogP) is 3.08. The molecule has 124 valence electrons. The summed E-state index contributed by atoms with van der Waals surface area (Å²) in [6, 6.07) is 2.74. The van der Waals surface area contributed by atoms with Gasteiger partial charge >= 0.3 is 5.97 Å². The molecule has 0 radical (unpaired) electrons. The molecule has 1 amide bonds. The van der Waals surface area contributed by atoms with Crippen molar-refractivity contribution in [3.63, 3.8) is 0 Å². The van der Waals surface area contributed by atoms with Crippen molar-refractivity contribution < 1.29 is 19.4 Å². The van der Waals surface area contributed by atoms with E-state index in [0.29, 0.717) is 18.8 Å². The summed E-state index contributed by atoms with van der Waals surface area (Å²) in [7, 11) is 1.42. The zero-order valence-electron chi connectivity index (χ0n) is 14.0. The fraction of sp³-hybridized carbons (Fsp3) is 0.562. The van der Waals surface area contributed by atoms with E-state index < -0.39 is 5.97 Å². The topological polar surface area (TPSA) is 79.7 Å². The first-order chi connectivity index (χ1) is 10.4. The van der Waals surface area contributed by atoms with E-state index in [9.17, 15) is 9.59 Å². The molecule has 0 saturated carbocycles. The Hall–Kier alpha value is -2.11. The Morgan fingerprint density at radius 3 is 2.14 bits per heavy atom. The van der Waals surface area contributed by atoms with Gasteiger partial charge in [-0.25, -0.2) is 9.78 Å². The highest BCUT2D eigenvalue weighted by Gasteiger charge is 2.18. The van der Waals surface area contributed by atoms with E-state index in [1.54, 1.807) is 4.90 Å². The van der Waals surface area contributed by atoms with Crippen LogP contribution in [0.15, 0.2) is 12.1 Å². The average molecular weight is 310 g/mol. The number of nitrogens with zero attached hydrogens (tertiary/aromatic N) is 2. The summed E-state index contributed by atoms with van der Waals surface area (Å²) in [5, 5.41) is 8.97. The quantitative estimate of drug-likeness (QED) is 0.873. The molecule has 1 rings (SSSR count). The molecule has 0 aromatic carbocycles. The lowest BCUT2D eigenvalue weighted by Crippen LogP contribution is -2.32. The van der Waals surface area contributed by atoms with Crippen LogP contribution in [0.2, 0.25) is 0 Å². The van der Waals surface area contributed by atoms with Crippen molar-refractivity contribution in [3.8, 4) is 5.75 Å². The molecule has 0 bridgehead atoms. The van der Waals surface area contributed by atoms with Crippen LogP contribution in [0, 0.1) is 0 Å². The Morgan fingerprint density at radius 2 is 1.73 bits per heavy atom. The van der Waals surface area contributed by atoms with Crippen LogP contribution in [0.5, 0.6) is 5.75 Å². The molecule has 0 aliphatic rings. The Morgan fingerprint density at radius 1 is 1.18 bits per heavy atom. The Balaban J connectivity index is 0.00000135. The number of carboxylic acids is 1. The molecule has 0 atom stereocenters. The van der Waals surface area contributed by atoms with Crippen molar-refractivity contribution in [2.75, 3.05) is 20.2 Å². The van der Waals surface area contributed by atoms with Gasteiger partial charge in [-0.1, -0.05) is 27.2 Å². The summed E-state index contributed by atoms with van der Waals surface area (Å²) in [6.07, 6.45) is 2.08. The standard InChI is InChI=1S/C13H18N2O4.C3H8/c1-4-6-15(5-2)12(16)10-7-9(19-3)8-11(14-10)13(17)18;1-3-2/h7-8H,4-6H2,1-3H3,(H,17,18);3H2,1-2H3. The number of methoxy groups -OCH3 is 1. The van der Waals surface area contributed by atoms with E-state index in [2.05, 4.69) is 18.8 Å². The number of aromatic nitrogens is 1. The lowest BCUT2D eigenvalue weighted by molar-refractivity contribution is 0.0689. The van der Waals surface area contributed by atoms with Gasteiger partial charge in [0.2, 0.25) is 0 Å². The highest BCUT2D eigenvalue weighted by Crippen LogP contribution is 2.15. The van der Waals surface area contributed by atoms with Gasteiger partial charge in [0.15, 0.2) is 5.69 Å². The molecule has 0 spiro atoms. The van der Waals surface area contributed by atoms with E-state index in [1.165, 1.54) is 25.7 Å². The summed E-state index contributed by atoms with van der Waals surface area (Å²) in [6.45, 7) is 9.24. The van der Waals surface area contributed by atoms with E-state index in [4.69, 9.17) is 9.84 Å².